The summed E-state index contributed by atoms with van der Waals surface area (Å²) in [5.74, 6) is -1.99. The highest BCUT2D eigenvalue weighted by atomic mass is 32.2. The topological polar surface area (TPSA) is 123 Å². The van der Waals surface area contributed by atoms with Crippen molar-refractivity contribution in [2.75, 3.05) is 5.32 Å². The number of aromatic carboxylic acids is 1. The van der Waals surface area contributed by atoms with Gasteiger partial charge in [0, 0.05) is 18.3 Å². The lowest BCUT2D eigenvalue weighted by Gasteiger charge is -2.08. The highest BCUT2D eigenvalue weighted by Gasteiger charge is 2.32. The largest absolute Gasteiger partial charge is 0.545 e. The Labute approximate surface area is 176 Å². The van der Waals surface area contributed by atoms with Crippen LogP contribution in [0.2, 0.25) is 0 Å². The lowest BCUT2D eigenvalue weighted by molar-refractivity contribution is -0.255. The van der Waals surface area contributed by atoms with Crippen LogP contribution in [0.15, 0.2) is 70.9 Å². The number of nitrogens with one attached hydrogen (secondary N) is 2. The zero-order valence-corrected chi connectivity index (χ0v) is 16.5. The highest BCUT2D eigenvalue weighted by Crippen LogP contribution is 2.23. The van der Waals surface area contributed by atoms with E-state index in [2.05, 4.69) is 20.8 Å². The van der Waals surface area contributed by atoms with Crippen molar-refractivity contribution in [3.05, 3.63) is 71.8 Å². The second-order valence-electron chi connectivity index (χ2n) is 6.15. The van der Waals surface area contributed by atoms with Crippen LogP contribution >= 0.6 is 11.8 Å². The molecular formula is C21H17N4O4S-. The number of amidine groups is 1. The van der Waals surface area contributed by atoms with Crippen LogP contribution in [0, 0.1) is 0 Å². The summed E-state index contributed by atoms with van der Waals surface area (Å²) in [6.07, 6.45) is 5.05. The summed E-state index contributed by atoms with van der Waals surface area (Å²) in [5, 5.41) is 23.5. The normalized spacial score (nSPS) is 17.5. The number of nitrogens with zero attached hydrogens (tertiary/aromatic N) is 2. The summed E-state index contributed by atoms with van der Waals surface area (Å²) in [4.78, 5) is 34.9. The van der Waals surface area contributed by atoms with Crippen molar-refractivity contribution in [2.45, 2.75) is 11.7 Å². The average Bonchev–Trinajstić information content (AvgIpc) is 3.08. The molecule has 2 N–H and O–H groups in total. The Balaban J connectivity index is 1.49. The molecule has 2 aromatic rings. The molecule has 9 heteroatoms. The molecule has 30 heavy (non-hydrogen) atoms. The zero-order chi connectivity index (χ0) is 21.3. The van der Waals surface area contributed by atoms with Crippen LogP contribution in [0.25, 0.3) is 6.08 Å². The number of allylic oxidation sites excluding steroid dienone is 1. The van der Waals surface area contributed by atoms with E-state index >= 15 is 0 Å². The third-order valence-corrected chi connectivity index (χ3v) is 5.01. The smallest absolute Gasteiger partial charge is 0.240 e. The number of carbonyl (C=O) groups is 3. The quantitative estimate of drug-likeness (QED) is 0.520. The molecule has 152 valence electrons. The third-order valence-electron chi connectivity index (χ3n) is 3.94. The molecule has 0 aromatic heterocycles. The van der Waals surface area contributed by atoms with Crippen LogP contribution in [0.3, 0.4) is 0 Å². The molecule has 1 saturated heterocycles. The summed E-state index contributed by atoms with van der Waals surface area (Å²) >= 11 is 1.12. The first-order valence-electron chi connectivity index (χ1n) is 8.93. The van der Waals surface area contributed by atoms with E-state index in [9.17, 15) is 19.5 Å². The molecule has 0 unspecified atom stereocenters. The second-order valence-corrected chi connectivity index (χ2v) is 7.34. The fourth-order valence-corrected chi connectivity index (χ4v) is 3.42. The SMILES string of the molecule is O=C(C[C@@H]1S/C(=N/N=C\C=C\c2ccccc2)NC1=O)Nc1ccc(C(=O)[O-])cc1. The minimum Gasteiger partial charge on any atom is -0.545 e. The highest BCUT2D eigenvalue weighted by molar-refractivity contribution is 8.15. The summed E-state index contributed by atoms with van der Waals surface area (Å²) in [6.45, 7) is 0. The number of carbonyl (C=O) groups excluding carboxylic acids is 3. The van der Waals surface area contributed by atoms with Crippen LogP contribution < -0.4 is 15.7 Å². The maximum Gasteiger partial charge on any atom is 0.240 e. The van der Waals surface area contributed by atoms with Gasteiger partial charge in [-0.3, -0.25) is 9.59 Å². The monoisotopic (exact) mass is 421 g/mol. The molecule has 0 bridgehead atoms. The van der Waals surface area contributed by atoms with Gasteiger partial charge in [0.2, 0.25) is 11.8 Å². The van der Waals surface area contributed by atoms with Crippen molar-refractivity contribution in [1.29, 1.82) is 0 Å². The molecule has 0 saturated carbocycles. The van der Waals surface area contributed by atoms with E-state index in [1.165, 1.54) is 30.5 Å². The van der Waals surface area contributed by atoms with E-state index in [0.29, 0.717) is 10.9 Å². The summed E-state index contributed by atoms with van der Waals surface area (Å²) < 4.78 is 0. The fourth-order valence-electron chi connectivity index (χ4n) is 2.50. The van der Waals surface area contributed by atoms with Crippen molar-refractivity contribution in [2.24, 2.45) is 10.2 Å². The van der Waals surface area contributed by atoms with Gasteiger partial charge in [-0.1, -0.05) is 60.3 Å². The predicted octanol–water partition coefficient (Wildman–Crippen LogP) is 1.67. The minimum atomic E-state index is -1.29. The molecule has 0 spiro atoms. The number of amides is 2. The van der Waals surface area contributed by atoms with E-state index in [-0.39, 0.29) is 23.8 Å². The number of rotatable bonds is 7. The maximum absolute atomic E-state index is 12.2. The Morgan fingerprint density at radius 3 is 2.57 bits per heavy atom. The first kappa shape index (κ1) is 21.0. The number of hydrogen-bond acceptors (Lipinski definition) is 7. The number of thioether (sulfide) groups is 1. The van der Waals surface area contributed by atoms with Gasteiger partial charge in [0.05, 0.1) is 5.97 Å². The van der Waals surface area contributed by atoms with Gasteiger partial charge < -0.3 is 20.5 Å². The van der Waals surface area contributed by atoms with Gasteiger partial charge in [-0.2, -0.15) is 5.10 Å². The maximum atomic E-state index is 12.2. The Hall–Kier alpha value is -3.72. The molecule has 1 fully saturated rings. The molecule has 2 aromatic carbocycles. The first-order chi connectivity index (χ1) is 14.5. The van der Waals surface area contributed by atoms with Crippen molar-refractivity contribution in [3.8, 4) is 0 Å². The van der Waals surface area contributed by atoms with Crippen molar-refractivity contribution in [3.63, 3.8) is 0 Å². The Kier molecular flexibility index (Phi) is 7.12. The minimum absolute atomic E-state index is 0.0127. The summed E-state index contributed by atoms with van der Waals surface area (Å²) in [5.41, 5.74) is 1.47. The third kappa shape index (κ3) is 6.14. The molecule has 1 aliphatic heterocycles. The molecule has 3 rings (SSSR count). The van der Waals surface area contributed by atoms with Crippen LogP contribution in [0.5, 0.6) is 0 Å². The lowest BCUT2D eigenvalue weighted by Crippen LogP contribution is -2.28. The summed E-state index contributed by atoms with van der Waals surface area (Å²) in [7, 11) is 0. The van der Waals surface area contributed by atoms with Gasteiger partial charge >= 0.3 is 0 Å². The molecule has 0 radical (unpaired) electrons. The number of benzene rings is 2. The molecule has 1 atom stereocenters. The fraction of sp³-hybridized carbons (Fsp3) is 0.0952. The first-order valence-corrected chi connectivity index (χ1v) is 9.81. The van der Waals surface area contributed by atoms with Crippen molar-refractivity contribution in [1.82, 2.24) is 5.32 Å². The van der Waals surface area contributed by atoms with E-state index in [1.807, 2.05) is 36.4 Å². The zero-order valence-electron chi connectivity index (χ0n) is 15.6. The van der Waals surface area contributed by atoms with E-state index in [0.717, 1.165) is 17.3 Å². The number of anilines is 1. The van der Waals surface area contributed by atoms with Crippen molar-refractivity contribution >= 4 is 52.7 Å². The van der Waals surface area contributed by atoms with E-state index < -0.39 is 11.2 Å². The van der Waals surface area contributed by atoms with Crippen LogP contribution in [-0.2, 0) is 9.59 Å². The Morgan fingerprint density at radius 1 is 1.13 bits per heavy atom. The number of carboxylic acid groups (broad SMARTS) is 1. The van der Waals surface area contributed by atoms with Crippen molar-refractivity contribution < 1.29 is 19.5 Å². The number of carboxylic acids is 1. The van der Waals surface area contributed by atoms with Crippen LogP contribution in [0.1, 0.15) is 22.3 Å². The van der Waals surface area contributed by atoms with Gasteiger partial charge in [0.1, 0.15) is 5.25 Å². The van der Waals surface area contributed by atoms with Gasteiger partial charge in [-0.15, -0.1) is 5.10 Å². The lowest BCUT2D eigenvalue weighted by atomic mass is 10.2. The van der Waals surface area contributed by atoms with Crippen LogP contribution in [-0.4, -0.2) is 34.4 Å². The standard InChI is InChI=1S/C21H18N4O4S/c26-18(23-16-10-8-15(9-11-16)20(28)29)13-17-19(27)24-21(30-17)25-22-12-4-7-14-5-2-1-3-6-14/h1-12,17H,13H2,(H,23,26)(H,28,29)(H,24,25,27)/p-1/b7-4+,22-12-/t17-/m0/s1. The number of hydrogen-bond donors (Lipinski definition) is 2. The summed E-state index contributed by atoms with van der Waals surface area (Å²) in [6, 6.07) is 15.3. The van der Waals surface area contributed by atoms with Gasteiger partial charge in [0.25, 0.3) is 0 Å². The second kappa shape index (κ2) is 10.2. The molecule has 1 aliphatic rings. The van der Waals surface area contributed by atoms with E-state index in [4.69, 9.17) is 0 Å². The molecule has 2 amide bonds. The molecule has 8 nitrogen and oxygen atoms in total. The molecule has 1 heterocycles. The van der Waals surface area contributed by atoms with Gasteiger partial charge in [-0.05, 0) is 29.3 Å². The molecule has 0 aliphatic carbocycles. The van der Waals surface area contributed by atoms with Gasteiger partial charge in [0.15, 0.2) is 5.17 Å². The van der Waals surface area contributed by atoms with Gasteiger partial charge in [-0.25, -0.2) is 0 Å². The van der Waals surface area contributed by atoms with Crippen LogP contribution in [0.4, 0.5) is 5.69 Å². The average molecular weight is 421 g/mol. The van der Waals surface area contributed by atoms with E-state index in [1.54, 1.807) is 6.08 Å². The molecular weight excluding hydrogens is 404 g/mol. The predicted molar refractivity (Wildman–Crippen MR) is 115 cm³/mol. The Morgan fingerprint density at radius 2 is 1.87 bits per heavy atom. The Bertz CT molecular complexity index is 1020.